The van der Waals surface area contributed by atoms with E-state index in [0.717, 1.165) is 12.8 Å². The normalized spacial score (nSPS) is 22.8. The van der Waals surface area contributed by atoms with Crippen molar-refractivity contribution < 1.29 is 45.9 Å². The average Bonchev–Trinajstić information content (AvgIpc) is 3.09. The molecule has 314 valence electrons. The molecule has 17 heteroatoms. The molecule has 0 aromatic heterocycles. The van der Waals surface area contributed by atoms with Crippen LogP contribution in [0.1, 0.15) is 104 Å². The second kappa shape index (κ2) is 16.7. The van der Waals surface area contributed by atoms with E-state index >= 15 is 0 Å². The second-order valence-electron chi connectivity index (χ2n) is 18.0. The smallest absolute Gasteiger partial charge is 0.408 e. The highest BCUT2D eigenvalue weighted by molar-refractivity contribution is 7.89. The van der Waals surface area contributed by atoms with Crippen LogP contribution in [0.4, 0.5) is 4.79 Å². The minimum Gasteiger partial charge on any atom is -0.444 e. The lowest BCUT2D eigenvalue weighted by Gasteiger charge is -2.34. The summed E-state index contributed by atoms with van der Waals surface area (Å²) in [6.07, 6.45) is 1.01. The predicted octanol–water partition coefficient (Wildman–Crippen LogP) is 5.77. The number of nitrogens with zero attached hydrogens (tertiary/aromatic N) is 4. The first-order chi connectivity index (χ1) is 26.4. The zero-order valence-electron chi connectivity index (χ0n) is 34.5. The first-order valence-electron chi connectivity index (χ1n) is 19.3. The van der Waals surface area contributed by atoms with Crippen molar-refractivity contribution in [2.24, 2.45) is 39.4 Å². The van der Waals surface area contributed by atoms with Gasteiger partial charge in [0.05, 0.1) is 9.79 Å². The molecule has 2 heterocycles. The molecule has 2 aliphatic heterocycles. The number of ether oxygens (including phenoxy) is 2. The quantitative estimate of drug-likeness (QED) is 0.0880. The van der Waals surface area contributed by atoms with E-state index in [4.69, 9.17) is 14.3 Å². The molecule has 0 spiro atoms. The first-order valence-corrected chi connectivity index (χ1v) is 22.2. The van der Waals surface area contributed by atoms with Gasteiger partial charge in [0.15, 0.2) is 0 Å². The molecule has 5 atom stereocenters. The van der Waals surface area contributed by atoms with Crippen molar-refractivity contribution in [3.05, 3.63) is 58.7 Å². The zero-order valence-corrected chi connectivity index (χ0v) is 36.2. The molecule has 2 saturated heterocycles. The van der Waals surface area contributed by atoms with E-state index in [9.17, 15) is 31.6 Å². The maximum Gasteiger partial charge on any atom is 0.408 e. The van der Waals surface area contributed by atoms with E-state index in [-0.39, 0.29) is 56.0 Å². The Morgan fingerprint density at radius 1 is 0.754 bits per heavy atom. The summed E-state index contributed by atoms with van der Waals surface area (Å²) in [4.78, 5) is 31.3. The van der Waals surface area contributed by atoms with Gasteiger partial charge in [0.25, 0.3) is 6.79 Å². The van der Waals surface area contributed by atoms with E-state index in [2.05, 4.69) is 15.6 Å². The molecule has 2 fully saturated rings. The van der Waals surface area contributed by atoms with Crippen LogP contribution in [0.25, 0.3) is 0 Å². The molecule has 2 aromatic carbocycles. The third kappa shape index (κ3) is 9.98. The van der Waals surface area contributed by atoms with Crippen molar-refractivity contribution in [1.29, 1.82) is 0 Å². The van der Waals surface area contributed by atoms with Crippen LogP contribution in [0, 0.1) is 29.1 Å². The minimum absolute atomic E-state index is 0.0351. The summed E-state index contributed by atoms with van der Waals surface area (Å²) in [7, 11) is -7.97. The number of carbonyl (C=O) groups is 2. The highest BCUT2D eigenvalue weighted by atomic mass is 32.2. The van der Waals surface area contributed by atoms with Gasteiger partial charge in [0, 0.05) is 48.4 Å². The number of esters is 1. The maximum absolute atomic E-state index is 14.0. The molecule has 5 rings (SSSR count). The second-order valence-corrected chi connectivity index (χ2v) is 21.9. The molecule has 2 N–H and O–H groups in total. The van der Waals surface area contributed by atoms with Gasteiger partial charge >= 0.3 is 12.1 Å². The number of hydrogen-bond donors (Lipinski definition) is 2. The molecule has 57 heavy (non-hydrogen) atoms. The Morgan fingerprint density at radius 3 is 1.58 bits per heavy atom. The Labute approximate surface area is 336 Å². The summed E-state index contributed by atoms with van der Waals surface area (Å²) in [5, 5.41) is 21.0. The standard InChI is InChI=1S/C40H57N5O10S2/c1-24-15-25(2)20-44(19-24)56(49,50)28-11-13-30-32(17-28)34(42-48)33-18-29(57(51,52)45-21-26(3)16-27(4)22-45)12-14-31(33)35(30)43-54-23-53-37(46)36(39(5,6)7)41-38(47)55-40(8,9)10/h11-14,17-18,24-27,36,48H,15-16,19-23H2,1-10H3,(H,41,47)/t24-,25+,26-,27+,36?. The van der Waals surface area contributed by atoms with Gasteiger partial charge in [-0.15, -0.1) is 0 Å². The number of carbonyl (C=O) groups excluding carboxylic acids is 2. The molecule has 1 amide bonds. The molecule has 15 nitrogen and oxygen atoms in total. The lowest BCUT2D eigenvalue weighted by molar-refractivity contribution is -0.161. The SMILES string of the molecule is C[C@@H]1C[C@H](C)CN(S(=O)(=O)c2ccc3c(c2)C(=NO)c2cc(S(=O)(=O)N4C[C@H](C)C[C@H](C)C4)ccc2C3=NOCOC(=O)C(NC(=O)OC(C)(C)C)C(C)(C)C)C1. The fourth-order valence-corrected chi connectivity index (χ4v) is 11.3. The summed E-state index contributed by atoms with van der Waals surface area (Å²) in [5.41, 5.74) is -0.471. The van der Waals surface area contributed by atoms with Crippen molar-refractivity contribution >= 4 is 43.5 Å². The molecular weight excluding hydrogens is 775 g/mol. The number of benzene rings is 2. The molecule has 3 aliphatic rings. The summed E-state index contributed by atoms with van der Waals surface area (Å²) < 4.78 is 69.8. The van der Waals surface area contributed by atoms with Crippen LogP contribution in [0.3, 0.4) is 0 Å². The van der Waals surface area contributed by atoms with Gasteiger partial charge in [-0.05, 0) is 87.0 Å². The van der Waals surface area contributed by atoms with Gasteiger partial charge in [-0.25, -0.2) is 26.4 Å². The maximum atomic E-state index is 14.0. The fraction of sp³-hybridized carbons (Fsp3) is 0.600. The summed E-state index contributed by atoms with van der Waals surface area (Å²) in [6.45, 7) is 19.1. The van der Waals surface area contributed by atoms with Gasteiger partial charge in [-0.3, -0.25) is 0 Å². The van der Waals surface area contributed by atoms with E-state index < -0.39 is 56.0 Å². The molecule has 0 saturated carbocycles. The lowest BCUT2D eigenvalue weighted by Crippen LogP contribution is -2.51. The topological polar surface area (TPSA) is 194 Å². The number of sulfonamides is 2. The van der Waals surface area contributed by atoms with Gasteiger partial charge in [0.2, 0.25) is 20.0 Å². The first kappa shape index (κ1) is 44.1. The van der Waals surface area contributed by atoms with Crippen molar-refractivity contribution in [3.8, 4) is 0 Å². The van der Waals surface area contributed by atoms with Crippen LogP contribution in [-0.2, 0) is 39.2 Å². The summed E-state index contributed by atoms with van der Waals surface area (Å²) >= 11 is 0. The van der Waals surface area contributed by atoms with E-state index in [1.165, 1.54) is 45.0 Å². The van der Waals surface area contributed by atoms with Crippen LogP contribution in [0.15, 0.2) is 56.5 Å². The molecule has 0 radical (unpaired) electrons. The van der Waals surface area contributed by atoms with E-state index in [1.807, 2.05) is 27.7 Å². The van der Waals surface area contributed by atoms with Crippen LogP contribution >= 0.6 is 0 Å². The summed E-state index contributed by atoms with van der Waals surface area (Å²) in [5.74, 6) is -0.174. The van der Waals surface area contributed by atoms with Crippen LogP contribution in [0.2, 0.25) is 0 Å². The Bertz CT molecular complexity index is 2010. The number of rotatable bonds is 9. The van der Waals surface area contributed by atoms with Gasteiger partial charge in [0.1, 0.15) is 23.1 Å². The molecular formula is C40H57N5O10S2. The molecule has 0 bridgehead atoms. The number of oxime groups is 2. The number of hydrogen-bond acceptors (Lipinski definition) is 12. The van der Waals surface area contributed by atoms with Crippen molar-refractivity contribution in [2.45, 2.75) is 104 Å². The van der Waals surface area contributed by atoms with Crippen molar-refractivity contribution in [2.75, 3.05) is 33.0 Å². The van der Waals surface area contributed by atoms with Gasteiger partial charge in [-0.1, -0.05) is 70.9 Å². The third-order valence-electron chi connectivity index (χ3n) is 10.2. The number of alkyl carbamates (subject to hydrolysis) is 1. The lowest BCUT2D eigenvalue weighted by atomic mass is 9.83. The Balaban J connectivity index is 1.52. The van der Waals surface area contributed by atoms with Crippen LogP contribution in [-0.4, -0.2) is 98.8 Å². The van der Waals surface area contributed by atoms with E-state index in [1.54, 1.807) is 41.5 Å². The number of fused-ring (bicyclic) bond motifs is 2. The number of amides is 1. The van der Waals surface area contributed by atoms with Crippen molar-refractivity contribution in [3.63, 3.8) is 0 Å². The van der Waals surface area contributed by atoms with Crippen LogP contribution < -0.4 is 5.32 Å². The van der Waals surface area contributed by atoms with Gasteiger partial charge < -0.3 is 24.8 Å². The van der Waals surface area contributed by atoms with Crippen molar-refractivity contribution in [1.82, 2.24) is 13.9 Å². The highest BCUT2D eigenvalue weighted by Crippen LogP contribution is 2.35. The fourth-order valence-electron chi connectivity index (χ4n) is 7.88. The Morgan fingerprint density at radius 2 is 1.19 bits per heavy atom. The Hall–Kier alpha value is -4.06. The number of nitrogens with one attached hydrogen (secondary N) is 1. The molecule has 2 aromatic rings. The highest BCUT2D eigenvalue weighted by Gasteiger charge is 2.38. The monoisotopic (exact) mass is 831 g/mol. The zero-order chi connectivity index (χ0) is 42.2. The molecule has 1 aliphatic carbocycles. The summed E-state index contributed by atoms with van der Waals surface area (Å²) in [6, 6.07) is 7.64. The van der Waals surface area contributed by atoms with Crippen LogP contribution in [0.5, 0.6) is 0 Å². The third-order valence-corrected chi connectivity index (χ3v) is 13.9. The number of piperidine rings is 2. The average molecular weight is 832 g/mol. The molecule has 1 unspecified atom stereocenters. The Kier molecular flexibility index (Phi) is 12.9. The minimum atomic E-state index is -3.99. The predicted molar refractivity (Wildman–Crippen MR) is 214 cm³/mol. The van der Waals surface area contributed by atoms with Gasteiger partial charge in [-0.2, -0.15) is 8.61 Å². The van der Waals surface area contributed by atoms with E-state index in [0.29, 0.717) is 37.3 Å². The largest absolute Gasteiger partial charge is 0.444 e.